The van der Waals surface area contributed by atoms with E-state index in [0.29, 0.717) is 41.4 Å². The molecule has 0 aromatic heterocycles. The van der Waals surface area contributed by atoms with E-state index in [1.807, 2.05) is 37.3 Å². The molecule has 0 fully saturated rings. The molecular formula is C29H22O4. The Morgan fingerprint density at radius 3 is 2.18 bits per heavy atom. The predicted molar refractivity (Wildman–Crippen MR) is 129 cm³/mol. The van der Waals surface area contributed by atoms with Crippen LogP contribution in [0, 0.1) is 0 Å². The minimum absolute atomic E-state index is 0.170. The van der Waals surface area contributed by atoms with Gasteiger partial charge in [-0.15, -0.1) is 0 Å². The average molecular weight is 434 g/mol. The minimum Gasteiger partial charge on any atom is -0.490 e. The van der Waals surface area contributed by atoms with Crippen LogP contribution in [0.4, 0.5) is 0 Å². The fourth-order valence-electron chi connectivity index (χ4n) is 4.15. The normalized spacial score (nSPS) is 12.7. The van der Waals surface area contributed by atoms with Crippen LogP contribution in [0.2, 0.25) is 0 Å². The van der Waals surface area contributed by atoms with Crippen molar-refractivity contribution in [2.75, 3.05) is 6.61 Å². The summed E-state index contributed by atoms with van der Waals surface area (Å²) in [5, 5.41) is 2.31. The van der Waals surface area contributed by atoms with Crippen molar-refractivity contribution < 1.29 is 19.1 Å². The van der Waals surface area contributed by atoms with E-state index in [0.717, 1.165) is 16.3 Å². The molecule has 0 N–H and O–H groups in total. The molecule has 4 heteroatoms. The van der Waals surface area contributed by atoms with E-state index >= 15 is 0 Å². The lowest BCUT2D eigenvalue weighted by molar-refractivity contribution is 0.0990. The molecule has 0 aliphatic heterocycles. The minimum atomic E-state index is -0.246. The summed E-state index contributed by atoms with van der Waals surface area (Å²) in [6.45, 7) is 2.77. The van der Waals surface area contributed by atoms with E-state index in [-0.39, 0.29) is 17.1 Å². The fourth-order valence-corrected chi connectivity index (χ4v) is 4.15. The molecule has 0 bridgehead atoms. The van der Waals surface area contributed by atoms with Crippen LogP contribution in [0.3, 0.4) is 0 Å². The fraction of sp³-hybridized carbons (Fsp3) is 0.103. The number of benzene rings is 4. The molecule has 162 valence electrons. The van der Waals surface area contributed by atoms with E-state index < -0.39 is 0 Å². The lowest BCUT2D eigenvalue weighted by atomic mass is 10.1. The van der Waals surface area contributed by atoms with E-state index in [4.69, 9.17) is 9.47 Å². The number of allylic oxidation sites excluding steroid dienone is 1. The Bertz CT molecular complexity index is 1370. The van der Waals surface area contributed by atoms with Gasteiger partial charge in [0.2, 0.25) is 0 Å². The number of ether oxygens (including phenoxy) is 2. The number of rotatable bonds is 6. The van der Waals surface area contributed by atoms with Crippen molar-refractivity contribution >= 4 is 28.4 Å². The van der Waals surface area contributed by atoms with Crippen molar-refractivity contribution in [3.8, 4) is 11.5 Å². The molecule has 1 aliphatic rings. The van der Waals surface area contributed by atoms with Crippen LogP contribution >= 0.6 is 0 Å². The van der Waals surface area contributed by atoms with E-state index in [1.54, 1.807) is 36.4 Å². The highest BCUT2D eigenvalue weighted by Crippen LogP contribution is 2.33. The first kappa shape index (κ1) is 20.7. The summed E-state index contributed by atoms with van der Waals surface area (Å²) in [7, 11) is 0. The standard InChI is InChI=1S/C29H22O4/c1-2-32-27-17-19(16-25-28(30)23-12-5-6-13-24(23)29(25)31)14-15-26(27)33-18-21-10-7-9-20-8-3-4-11-22(20)21/h3-17H,2,18H2,1H3. The first-order valence-corrected chi connectivity index (χ1v) is 10.9. The molecule has 0 saturated heterocycles. The van der Waals surface area contributed by atoms with Gasteiger partial charge in [0.05, 0.1) is 12.2 Å². The number of carbonyl (C=O) groups excluding carboxylic acids is 2. The van der Waals surface area contributed by atoms with Gasteiger partial charge in [0.1, 0.15) is 6.61 Å². The molecule has 0 radical (unpaired) electrons. The lowest BCUT2D eigenvalue weighted by Crippen LogP contribution is -2.02. The molecule has 0 heterocycles. The molecule has 33 heavy (non-hydrogen) atoms. The Morgan fingerprint density at radius 2 is 1.42 bits per heavy atom. The molecule has 0 spiro atoms. The van der Waals surface area contributed by atoms with Gasteiger partial charge in [-0.3, -0.25) is 9.59 Å². The van der Waals surface area contributed by atoms with Crippen LogP contribution in [0.5, 0.6) is 11.5 Å². The van der Waals surface area contributed by atoms with Gasteiger partial charge < -0.3 is 9.47 Å². The van der Waals surface area contributed by atoms with Crippen LogP contribution in [0.25, 0.3) is 16.8 Å². The Morgan fingerprint density at radius 1 is 0.727 bits per heavy atom. The van der Waals surface area contributed by atoms with Gasteiger partial charge in [-0.25, -0.2) is 0 Å². The van der Waals surface area contributed by atoms with Crippen LogP contribution in [-0.4, -0.2) is 18.2 Å². The first-order chi connectivity index (χ1) is 16.2. The van der Waals surface area contributed by atoms with Gasteiger partial charge in [0.25, 0.3) is 0 Å². The number of hydrogen-bond acceptors (Lipinski definition) is 4. The third-order valence-electron chi connectivity index (χ3n) is 5.75. The quantitative estimate of drug-likeness (QED) is 0.265. The predicted octanol–water partition coefficient (Wildman–Crippen LogP) is 6.28. The molecule has 4 aromatic rings. The smallest absolute Gasteiger partial charge is 0.197 e. The highest BCUT2D eigenvalue weighted by atomic mass is 16.5. The maximum absolute atomic E-state index is 12.7. The summed E-state index contributed by atoms with van der Waals surface area (Å²) in [5.74, 6) is 0.691. The molecule has 4 nitrogen and oxygen atoms in total. The Labute approximate surface area is 192 Å². The molecule has 0 unspecified atom stereocenters. The molecule has 0 atom stereocenters. The number of Topliss-reactive ketones (excluding diaryl/α,β-unsaturated/α-hetero) is 2. The zero-order valence-electron chi connectivity index (χ0n) is 18.2. The second kappa shape index (κ2) is 8.75. The van der Waals surface area contributed by atoms with Crippen LogP contribution in [-0.2, 0) is 6.61 Å². The molecule has 1 aliphatic carbocycles. The maximum atomic E-state index is 12.7. The number of carbonyl (C=O) groups is 2. The maximum Gasteiger partial charge on any atom is 0.197 e. The van der Waals surface area contributed by atoms with Crippen molar-refractivity contribution in [2.45, 2.75) is 13.5 Å². The summed E-state index contributed by atoms with van der Waals surface area (Å²) in [6.07, 6.45) is 1.63. The summed E-state index contributed by atoms with van der Waals surface area (Å²) in [5.41, 5.74) is 2.87. The van der Waals surface area contributed by atoms with Gasteiger partial charge in [0, 0.05) is 11.1 Å². The first-order valence-electron chi connectivity index (χ1n) is 10.9. The van der Waals surface area contributed by atoms with Gasteiger partial charge in [-0.05, 0) is 47.0 Å². The zero-order chi connectivity index (χ0) is 22.8. The van der Waals surface area contributed by atoms with Crippen LogP contribution in [0.15, 0.2) is 90.5 Å². The third kappa shape index (κ3) is 3.92. The Kier molecular flexibility index (Phi) is 5.49. The monoisotopic (exact) mass is 434 g/mol. The summed E-state index contributed by atoms with van der Waals surface area (Å²) < 4.78 is 11.9. The third-order valence-corrected chi connectivity index (χ3v) is 5.75. The van der Waals surface area contributed by atoms with E-state index in [2.05, 4.69) is 24.3 Å². The Balaban J connectivity index is 1.42. The SMILES string of the molecule is CCOc1cc(C=C2C(=O)c3ccccc3C2=O)ccc1OCc1cccc2ccccc12. The van der Waals surface area contributed by atoms with Crippen molar-refractivity contribution in [1.29, 1.82) is 0 Å². The van der Waals surface area contributed by atoms with Crippen molar-refractivity contribution in [3.63, 3.8) is 0 Å². The zero-order valence-corrected chi connectivity index (χ0v) is 18.2. The highest BCUT2D eigenvalue weighted by Gasteiger charge is 2.32. The van der Waals surface area contributed by atoms with Gasteiger partial charge in [-0.1, -0.05) is 72.8 Å². The van der Waals surface area contributed by atoms with Gasteiger partial charge in [-0.2, -0.15) is 0 Å². The molecule has 0 saturated carbocycles. The topological polar surface area (TPSA) is 52.6 Å². The summed E-state index contributed by atoms with van der Waals surface area (Å²) in [4.78, 5) is 25.4. The highest BCUT2D eigenvalue weighted by molar-refractivity contribution is 6.41. The number of ketones is 2. The molecule has 4 aromatic carbocycles. The van der Waals surface area contributed by atoms with E-state index in [1.165, 1.54) is 0 Å². The average Bonchev–Trinajstić information content (AvgIpc) is 3.09. The second-order valence-electron chi connectivity index (χ2n) is 7.83. The molecule has 5 rings (SSSR count). The second-order valence-corrected chi connectivity index (χ2v) is 7.83. The summed E-state index contributed by atoms with van der Waals surface area (Å²) in [6, 6.07) is 26.7. The Hall–Kier alpha value is -4.18. The molecular weight excluding hydrogens is 412 g/mol. The largest absolute Gasteiger partial charge is 0.490 e. The number of hydrogen-bond donors (Lipinski definition) is 0. The lowest BCUT2D eigenvalue weighted by Gasteiger charge is -2.14. The van der Waals surface area contributed by atoms with Crippen molar-refractivity contribution in [3.05, 3.63) is 113 Å². The van der Waals surface area contributed by atoms with Crippen molar-refractivity contribution in [1.82, 2.24) is 0 Å². The van der Waals surface area contributed by atoms with Crippen LogP contribution < -0.4 is 9.47 Å². The van der Waals surface area contributed by atoms with Crippen LogP contribution in [0.1, 0.15) is 38.8 Å². The van der Waals surface area contributed by atoms with Gasteiger partial charge in [0.15, 0.2) is 23.1 Å². The van der Waals surface area contributed by atoms with Crippen molar-refractivity contribution in [2.24, 2.45) is 0 Å². The summed E-state index contributed by atoms with van der Waals surface area (Å²) >= 11 is 0. The number of fused-ring (bicyclic) bond motifs is 2. The van der Waals surface area contributed by atoms with Gasteiger partial charge >= 0.3 is 0 Å². The van der Waals surface area contributed by atoms with E-state index in [9.17, 15) is 9.59 Å². The molecule has 0 amide bonds.